The molecule has 4 aromatic rings. The first kappa shape index (κ1) is 45.1. The van der Waals surface area contributed by atoms with Crippen LogP contribution in [0.15, 0.2) is 78.4 Å². The highest BCUT2D eigenvalue weighted by molar-refractivity contribution is 5.94. The maximum absolute atomic E-state index is 15.5. The Labute approximate surface area is 391 Å². The van der Waals surface area contributed by atoms with E-state index in [0.717, 1.165) is 59.5 Å². The number of carbonyl (C=O) groups excluding carboxylic acids is 3. The van der Waals surface area contributed by atoms with E-state index in [2.05, 4.69) is 75.3 Å². The number of nitrogens with one attached hydrogen (secondary N) is 2. The Morgan fingerprint density at radius 1 is 1.03 bits per heavy atom. The molecule has 1 amide bonds. The summed E-state index contributed by atoms with van der Waals surface area (Å²) >= 11 is 0. The molecule has 1 saturated heterocycles. The second-order valence-electron chi connectivity index (χ2n) is 19.8. The van der Waals surface area contributed by atoms with E-state index >= 15 is 4.79 Å². The SMILES string of the molecule is CCC1=C[C@@H]2CN(CCc3c([nH]c4ccccc34)[C@@](C(=O)OC)(c3cc4c(cc3OC)N(C)[C@H]3C(O)(CNC(=O)Oc5ccc(F)c(C)c5)[C@H](OC(C)=O)[C@]5(CC)C=CCN6CC[C@]43[C@@H]65)C2)C1. The minimum Gasteiger partial charge on any atom is -0.496 e. The first-order valence-corrected chi connectivity index (χ1v) is 23.8. The highest BCUT2D eigenvalue weighted by Gasteiger charge is 2.78. The van der Waals surface area contributed by atoms with Crippen molar-refractivity contribution in [3.05, 3.63) is 112 Å². The van der Waals surface area contributed by atoms with Crippen molar-refractivity contribution in [2.24, 2.45) is 11.3 Å². The smallest absolute Gasteiger partial charge is 0.412 e. The average molecular weight is 916 g/mol. The lowest BCUT2D eigenvalue weighted by Crippen LogP contribution is -2.81. The number of amides is 1. The molecule has 2 fully saturated rings. The summed E-state index contributed by atoms with van der Waals surface area (Å²) in [6, 6.07) is 15.4. The molecule has 10 rings (SSSR count). The van der Waals surface area contributed by atoms with Gasteiger partial charge in [0.1, 0.15) is 34.4 Å². The van der Waals surface area contributed by atoms with Crippen LogP contribution in [-0.4, -0.2) is 122 Å². The largest absolute Gasteiger partial charge is 0.496 e. The minimum absolute atomic E-state index is 0.00109. The van der Waals surface area contributed by atoms with Gasteiger partial charge in [0.05, 0.1) is 26.8 Å². The van der Waals surface area contributed by atoms with Crippen LogP contribution < -0.4 is 19.7 Å². The highest BCUT2D eigenvalue weighted by atomic mass is 19.1. The third-order valence-electron chi connectivity index (χ3n) is 16.5. The van der Waals surface area contributed by atoms with E-state index in [1.807, 2.05) is 25.2 Å². The third kappa shape index (κ3) is 6.59. The number of esters is 2. The lowest BCUT2D eigenvalue weighted by molar-refractivity contribution is -0.216. The zero-order chi connectivity index (χ0) is 47.2. The van der Waals surface area contributed by atoms with Gasteiger partial charge in [-0.05, 0) is 98.5 Å². The summed E-state index contributed by atoms with van der Waals surface area (Å²) in [6.07, 6.45) is 7.77. The number of halogens is 1. The number of aromatic amines is 1. The van der Waals surface area contributed by atoms with Crippen molar-refractivity contribution in [1.82, 2.24) is 20.1 Å². The second kappa shape index (κ2) is 16.5. The number of aromatic nitrogens is 1. The number of nitrogens with zero attached hydrogens (tertiary/aromatic N) is 3. The number of hydrogen-bond donors (Lipinski definition) is 3. The molecule has 3 aromatic carbocycles. The van der Waals surface area contributed by atoms with Crippen molar-refractivity contribution in [3.63, 3.8) is 0 Å². The van der Waals surface area contributed by atoms with Gasteiger partial charge in [0, 0.05) is 90.9 Å². The number of likely N-dealkylation sites (N-methyl/N-ethyl adjacent to an activating group) is 1. The maximum Gasteiger partial charge on any atom is 0.412 e. The predicted molar refractivity (Wildman–Crippen MR) is 252 cm³/mol. The number of hydrogen-bond acceptors (Lipinski definition) is 11. The molecule has 1 saturated carbocycles. The Balaban J connectivity index is 1.20. The zero-order valence-electron chi connectivity index (χ0n) is 39.5. The zero-order valence-corrected chi connectivity index (χ0v) is 39.5. The van der Waals surface area contributed by atoms with Crippen LogP contribution in [0.2, 0.25) is 0 Å². The van der Waals surface area contributed by atoms with Crippen molar-refractivity contribution in [3.8, 4) is 11.5 Å². The molecule has 1 spiro atoms. The van der Waals surface area contributed by atoms with E-state index in [9.17, 15) is 19.1 Å². The fourth-order valence-corrected chi connectivity index (χ4v) is 14.0. The summed E-state index contributed by atoms with van der Waals surface area (Å²) in [6.45, 7) is 10.7. The first-order valence-electron chi connectivity index (χ1n) is 23.8. The summed E-state index contributed by atoms with van der Waals surface area (Å²) in [5.41, 5.74) is 1.82. The van der Waals surface area contributed by atoms with Gasteiger partial charge >= 0.3 is 18.0 Å². The van der Waals surface area contributed by atoms with Gasteiger partial charge in [-0.1, -0.05) is 55.8 Å². The van der Waals surface area contributed by atoms with E-state index in [1.165, 1.54) is 37.8 Å². The van der Waals surface area contributed by atoms with Crippen molar-refractivity contribution in [2.45, 2.75) is 94.4 Å². The van der Waals surface area contributed by atoms with Crippen molar-refractivity contribution in [1.29, 1.82) is 0 Å². The molecular weight excluding hydrogens is 854 g/mol. The molecule has 354 valence electrons. The predicted octanol–water partition coefficient (Wildman–Crippen LogP) is 6.86. The number of aliphatic hydroxyl groups is 1. The molecule has 6 aliphatic rings. The van der Waals surface area contributed by atoms with Crippen molar-refractivity contribution < 1.29 is 42.8 Å². The molecule has 6 heterocycles. The Morgan fingerprint density at radius 3 is 2.57 bits per heavy atom. The van der Waals surface area contributed by atoms with Gasteiger partial charge in [-0.2, -0.15) is 0 Å². The molecule has 1 aliphatic carbocycles. The molecule has 5 aliphatic heterocycles. The second-order valence-corrected chi connectivity index (χ2v) is 19.8. The molecule has 13 nitrogen and oxygen atoms in total. The van der Waals surface area contributed by atoms with Gasteiger partial charge in [0.25, 0.3) is 0 Å². The number of fused-ring (bicyclic) bond motifs is 6. The van der Waals surface area contributed by atoms with Gasteiger partial charge in [0.15, 0.2) is 0 Å². The van der Waals surface area contributed by atoms with Gasteiger partial charge in [-0.15, -0.1) is 0 Å². The quantitative estimate of drug-likeness (QED) is 0.120. The van der Waals surface area contributed by atoms with Gasteiger partial charge in [-0.3, -0.25) is 19.4 Å². The highest BCUT2D eigenvalue weighted by Crippen LogP contribution is 2.68. The summed E-state index contributed by atoms with van der Waals surface area (Å²) in [5.74, 6) is -0.746. The Bertz CT molecular complexity index is 2740. The van der Waals surface area contributed by atoms with E-state index in [0.29, 0.717) is 55.6 Å². The molecular formula is C53H62FN5O8. The fourth-order valence-electron chi connectivity index (χ4n) is 14.0. The number of H-pyrrole nitrogens is 1. The number of carbonyl (C=O) groups is 3. The van der Waals surface area contributed by atoms with Crippen LogP contribution >= 0.6 is 0 Å². The standard InChI is InChI=1S/C53H62FN5O8/c1-8-33-24-34-27-52(48(61)65-7,44-37(17-21-58(28-33)29-34)36-13-10-11-14-41(36)56-44)39-25-38-42(26-43(39)64-6)57(5)46-51(38)19-22-59-20-12-18-50(9-2,45(51)59)47(66-32(4)60)53(46,63)30-55-49(62)67-35-15-16-40(54)31(3)23-35/h10-16,18,23-26,34,45-47,56,63H,8-9,17,19-22,27-30H2,1-7H3,(H,55,62)/t34-,45-,46+,47+,50+,51+,52-,53?/m0/s1. The van der Waals surface area contributed by atoms with Gasteiger partial charge in [-0.25, -0.2) is 9.18 Å². The molecule has 1 aromatic heterocycles. The molecule has 9 atom stereocenters. The molecule has 14 heteroatoms. The fraction of sp³-hybridized carbons (Fsp3) is 0.491. The molecule has 3 N–H and O–H groups in total. The molecule has 67 heavy (non-hydrogen) atoms. The van der Waals surface area contributed by atoms with Crippen LogP contribution in [0.25, 0.3) is 10.9 Å². The van der Waals surface area contributed by atoms with Crippen LogP contribution in [-0.2, 0) is 36.3 Å². The maximum atomic E-state index is 15.5. The summed E-state index contributed by atoms with van der Waals surface area (Å²) in [5, 5.41) is 17.8. The third-order valence-corrected chi connectivity index (χ3v) is 16.5. The number of benzene rings is 3. The minimum atomic E-state index is -1.93. The summed E-state index contributed by atoms with van der Waals surface area (Å²) in [4.78, 5) is 53.4. The number of aryl methyl sites for hydroxylation is 1. The Kier molecular flexibility index (Phi) is 11.1. The number of methoxy groups -OCH3 is 2. The Morgan fingerprint density at radius 2 is 1.84 bits per heavy atom. The van der Waals surface area contributed by atoms with Crippen LogP contribution in [0.4, 0.5) is 14.9 Å². The number of ether oxygens (including phenoxy) is 4. The van der Waals surface area contributed by atoms with Crippen LogP contribution in [0.3, 0.4) is 0 Å². The van der Waals surface area contributed by atoms with Crippen LogP contribution in [0, 0.1) is 24.1 Å². The van der Waals surface area contributed by atoms with Crippen molar-refractivity contribution in [2.75, 3.05) is 65.4 Å². The van der Waals surface area contributed by atoms with Crippen molar-refractivity contribution >= 4 is 34.6 Å². The summed E-state index contributed by atoms with van der Waals surface area (Å²) < 4.78 is 38.7. The van der Waals surface area contributed by atoms with E-state index in [4.69, 9.17) is 18.9 Å². The number of rotatable bonds is 9. The van der Waals surface area contributed by atoms with Crippen LogP contribution in [0.5, 0.6) is 11.5 Å². The first-order chi connectivity index (χ1) is 32.2. The van der Waals surface area contributed by atoms with E-state index in [1.54, 1.807) is 14.0 Å². The monoisotopic (exact) mass is 915 g/mol. The number of anilines is 1. The van der Waals surface area contributed by atoms with Crippen LogP contribution in [0.1, 0.15) is 74.4 Å². The lowest BCUT2D eigenvalue weighted by Gasteiger charge is -2.64. The van der Waals surface area contributed by atoms with Gasteiger partial charge in [0.2, 0.25) is 0 Å². The van der Waals surface area contributed by atoms with Gasteiger partial charge < -0.3 is 39.3 Å². The number of para-hydroxylation sites is 1. The average Bonchev–Trinajstić information content (AvgIpc) is 3.99. The summed E-state index contributed by atoms with van der Waals surface area (Å²) in [7, 11) is 5.03. The van der Waals surface area contributed by atoms with E-state index in [-0.39, 0.29) is 24.3 Å². The van der Waals surface area contributed by atoms with E-state index < -0.39 is 57.8 Å². The topological polar surface area (TPSA) is 146 Å². The molecule has 2 unspecified atom stereocenters. The molecule has 2 bridgehead atoms. The normalized spacial score (nSPS) is 31.6. The lowest BCUT2D eigenvalue weighted by atomic mass is 9.47. The molecule has 0 radical (unpaired) electrons. The Hall–Kier alpha value is -5.70.